The van der Waals surface area contributed by atoms with Gasteiger partial charge in [0.05, 0.1) is 6.10 Å². The van der Waals surface area contributed by atoms with Gasteiger partial charge in [-0.3, -0.25) is 9.59 Å². The highest BCUT2D eigenvalue weighted by atomic mass is 79.9. The van der Waals surface area contributed by atoms with Crippen LogP contribution in [0.25, 0.3) is 0 Å². The van der Waals surface area contributed by atoms with Crippen molar-refractivity contribution in [2.45, 2.75) is 25.9 Å². The number of ether oxygens (including phenoxy) is 1. The topological polar surface area (TPSA) is 58.6 Å². The van der Waals surface area contributed by atoms with Gasteiger partial charge in [-0.05, 0) is 31.0 Å². The lowest BCUT2D eigenvalue weighted by Gasteiger charge is -2.24. The molecule has 120 valence electrons. The Bertz CT molecular complexity index is 530. The minimum absolute atomic E-state index is 0.00667. The van der Waals surface area contributed by atoms with Crippen molar-refractivity contribution in [2.75, 3.05) is 26.2 Å². The lowest BCUT2D eigenvalue weighted by Crippen LogP contribution is -2.41. The van der Waals surface area contributed by atoms with E-state index in [-0.39, 0.29) is 17.9 Å². The quantitative estimate of drug-likeness (QED) is 0.837. The molecule has 2 rings (SSSR count). The molecular formula is C16H21BrN2O3. The van der Waals surface area contributed by atoms with Crippen molar-refractivity contribution in [2.24, 2.45) is 0 Å². The largest absolute Gasteiger partial charge is 0.376 e. The second-order valence-electron chi connectivity index (χ2n) is 5.37. The highest BCUT2D eigenvalue weighted by Crippen LogP contribution is 2.13. The summed E-state index contributed by atoms with van der Waals surface area (Å²) in [5, 5.41) is 2.84. The maximum Gasteiger partial charge on any atom is 0.251 e. The SMILES string of the molecule is CC(=O)N(CCNC(=O)c1cccc(Br)c1)CC1CCCO1. The Kier molecular flexibility index (Phi) is 6.39. The van der Waals surface area contributed by atoms with E-state index in [4.69, 9.17) is 4.74 Å². The minimum Gasteiger partial charge on any atom is -0.376 e. The molecule has 0 aromatic heterocycles. The van der Waals surface area contributed by atoms with Crippen LogP contribution in [-0.2, 0) is 9.53 Å². The van der Waals surface area contributed by atoms with Crippen LogP contribution in [0.4, 0.5) is 0 Å². The molecule has 6 heteroatoms. The first-order chi connectivity index (χ1) is 10.6. The summed E-state index contributed by atoms with van der Waals surface area (Å²) in [6.45, 7) is 3.84. The van der Waals surface area contributed by atoms with E-state index in [0.717, 1.165) is 23.9 Å². The summed E-state index contributed by atoms with van der Waals surface area (Å²) in [7, 11) is 0. The number of carbonyl (C=O) groups excluding carboxylic acids is 2. The molecular weight excluding hydrogens is 348 g/mol. The van der Waals surface area contributed by atoms with Crippen LogP contribution < -0.4 is 5.32 Å². The summed E-state index contributed by atoms with van der Waals surface area (Å²) >= 11 is 3.34. The van der Waals surface area contributed by atoms with E-state index >= 15 is 0 Å². The molecule has 1 aromatic carbocycles. The number of benzene rings is 1. The van der Waals surface area contributed by atoms with Crippen LogP contribution in [0.15, 0.2) is 28.7 Å². The molecule has 2 amide bonds. The van der Waals surface area contributed by atoms with Crippen molar-refractivity contribution in [1.29, 1.82) is 0 Å². The summed E-state index contributed by atoms with van der Waals surface area (Å²) in [5.74, 6) is -0.130. The van der Waals surface area contributed by atoms with E-state index in [1.807, 2.05) is 12.1 Å². The zero-order valence-corrected chi connectivity index (χ0v) is 14.3. The third-order valence-electron chi connectivity index (χ3n) is 3.65. The Morgan fingerprint density at radius 3 is 2.91 bits per heavy atom. The van der Waals surface area contributed by atoms with Gasteiger partial charge in [0, 0.05) is 43.2 Å². The minimum atomic E-state index is -0.137. The van der Waals surface area contributed by atoms with E-state index in [2.05, 4.69) is 21.2 Å². The lowest BCUT2D eigenvalue weighted by atomic mass is 10.2. The number of nitrogens with one attached hydrogen (secondary N) is 1. The van der Waals surface area contributed by atoms with Gasteiger partial charge in [0.2, 0.25) is 5.91 Å². The standard InChI is InChI=1S/C16H21BrN2O3/c1-12(20)19(11-15-6-3-9-22-15)8-7-18-16(21)13-4-2-5-14(17)10-13/h2,4-5,10,15H,3,6-9,11H2,1H3,(H,18,21). The van der Waals surface area contributed by atoms with Gasteiger partial charge in [-0.2, -0.15) is 0 Å². The molecule has 0 radical (unpaired) electrons. The van der Waals surface area contributed by atoms with Crippen molar-refractivity contribution in [1.82, 2.24) is 10.2 Å². The van der Waals surface area contributed by atoms with Crippen molar-refractivity contribution < 1.29 is 14.3 Å². The second-order valence-corrected chi connectivity index (χ2v) is 6.28. The molecule has 1 fully saturated rings. The molecule has 1 heterocycles. The number of amides is 2. The van der Waals surface area contributed by atoms with Gasteiger partial charge in [0.15, 0.2) is 0 Å². The third kappa shape index (κ3) is 5.10. The average Bonchev–Trinajstić information content (AvgIpc) is 2.99. The van der Waals surface area contributed by atoms with Gasteiger partial charge < -0.3 is 15.0 Å². The summed E-state index contributed by atoms with van der Waals surface area (Å²) in [6.07, 6.45) is 2.18. The molecule has 1 aliphatic heterocycles. The Hall–Kier alpha value is -1.40. The van der Waals surface area contributed by atoms with Crippen LogP contribution in [0, 0.1) is 0 Å². The zero-order valence-electron chi connectivity index (χ0n) is 12.7. The van der Waals surface area contributed by atoms with Crippen LogP contribution >= 0.6 is 15.9 Å². The van der Waals surface area contributed by atoms with Crippen molar-refractivity contribution >= 4 is 27.7 Å². The van der Waals surface area contributed by atoms with Gasteiger partial charge >= 0.3 is 0 Å². The van der Waals surface area contributed by atoms with Crippen LogP contribution in [-0.4, -0.2) is 49.1 Å². The molecule has 0 spiro atoms. The normalized spacial score (nSPS) is 17.3. The Morgan fingerprint density at radius 2 is 2.27 bits per heavy atom. The fourth-order valence-electron chi connectivity index (χ4n) is 2.45. The predicted octanol–water partition coefficient (Wildman–Crippen LogP) is 2.21. The summed E-state index contributed by atoms with van der Waals surface area (Å²) in [6, 6.07) is 7.22. The van der Waals surface area contributed by atoms with Gasteiger partial charge in [-0.15, -0.1) is 0 Å². The number of rotatable bonds is 6. The zero-order chi connectivity index (χ0) is 15.9. The smallest absolute Gasteiger partial charge is 0.251 e. The first-order valence-corrected chi connectivity index (χ1v) is 8.26. The van der Waals surface area contributed by atoms with Gasteiger partial charge in [-0.25, -0.2) is 0 Å². The average molecular weight is 369 g/mol. The monoisotopic (exact) mass is 368 g/mol. The lowest BCUT2D eigenvalue weighted by molar-refractivity contribution is -0.130. The summed E-state index contributed by atoms with van der Waals surface area (Å²) in [4.78, 5) is 25.4. The first kappa shape index (κ1) is 17.0. The van der Waals surface area contributed by atoms with Crippen molar-refractivity contribution in [3.8, 4) is 0 Å². The molecule has 0 saturated carbocycles. The Balaban J connectivity index is 1.79. The fraction of sp³-hybridized carbons (Fsp3) is 0.500. The fourth-order valence-corrected chi connectivity index (χ4v) is 2.85. The molecule has 1 unspecified atom stereocenters. The highest BCUT2D eigenvalue weighted by Gasteiger charge is 2.20. The third-order valence-corrected chi connectivity index (χ3v) is 4.14. The highest BCUT2D eigenvalue weighted by molar-refractivity contribution is 9.10. The predicted molar refractivity (Wildman–Crippen MR) is 87.7 cm³/mol. The number of halogens is 1. The molecule has 1 aliphatic rings. The first-order valence-electron chi connectivity index (χ1n) is 7.47. The van der Waals surface area contributed by atoms with Crippen LogP contribution in [0.5, 0.6) is 0 Å². The van der Waals surface area contributed by atoms with Gasteiger partial charge in [0.1, 0.15) is 0 Å². The molecule has 1 saturated heterocycles. The number of hydrogen-bond donors (Lipinski definition) is 1. The molecule has 0 aliphatic carbocycles. The van der Waals surface area contributed by atoms with E-state index in [0.29, 0.717) is 25.2 Å². The van der Waals surface area contributed by atoms with Crippen molar-refractivity contribution in [3.63, 3.8) is 0 Å². The van der Waals surface area contributed by atoms with E-state index < -0.39 is 0 Å². The maximum absolute atomic E-state index is 12.0. The molecule has 1 N–H and O–H groups in total. The van der Waals surface area contributed by atoms with Gasteiger partial charge in [-0.1, -0.05) is 22.0 Å². The van der Waals surface area contributed by atoms with Crippen LogP contribution in [0.1, 0.15) is 30.1 Å². The van der Waals surface area contributed by atoms with E-state index in [1.54, 1.807) is 24.0 Å². The summed E-state index contributed by atoms with van der Waals surface area (Å²) in [5.41, 5.74) is 0.600. The Morgan fingerprint density at radius 1 is 1.45 bits per heavy atom. The number of nitrogens with zero attached hydrogens (tertiary/aromatic N) is 1. The molecule has 1 atom stereocenters. The van der Waals surface area contributed by atoms with E-state index in [9.17, 15) is 9.59 Å². The van der Waals surface area contributed by atoms with Crippen LogP contribution in [0.2, 0.25) is 0 Å². The summed E-state index contributed by atoms with van der Waals surface area (Å²) < 4.78 is 6.42. The molecule has 5 nitrogen and oxygen atoms in total. The van der Waals surface area contributed by atoms with Gasteiger partial charge in [0.25, 0.3) is 5.91 Å². The molecule has 1 aromatic rings. The molecule has 0 bridgehead atoms. The number of carbonyl (C=O) groups is 2. The number of hydrogen-bond acceptors (Lipinski definition) is 3. The van der Waals surface area contributed by atoms with E-state index in [1.165, 1.54) is 0 Å². The second kappa shape index (κ2) is 8.29. The Labute approximate surface area is 139 Å². The molecule has 22 heavy (non-hydrogen) atoms. The maximum atomic E-state index is 12.0. The van der Waals surface area contributed by atoms with Crippen LogP contribution in [0.3, 0.4) is 0 Å². The van der Waals surface area contributed by atoms with Crippen molar-refractivity contribution in [3.05, 3.63) is 34.3 Å².